The van der Waals surface area contributed by atoms with E-state index in [9.17, 15) is 0 Å². The molecule has 1 aromatic carbocycles. The lowest BCUT2D eigenvalue weighted by Gasteiger charge is -2.35. The van der Waals surface area contributed by atoms with Gasteiger partial charge >= 0.3 is 0 Å². The molecule has 0 radical (unpaired) electrons. The number of benzene rings is 1. The predicted octanol–water partition coefficient (Wildman–Crippen LogP) is 2.81. The van der Waals surface area contributed by atoms with Gasteiger partial charge in [-0.3, -0.25) is 0 Å². The minimum Gasteiger partial charge on any atom is -0.376 e. The second-order valence-corrected chi connectivity index (χ2v) is 6.27. The van der Waals surface area contributed by atoms with Crippen molar-refractivity contribution in [2.45, 2.75) is 6.04 Å². The molecule has 1 saturated heterocycles. The van der Waals surface area contributed by atoms with Crippen LogP contribution in [0.4, 0.5) is 11.4 Å². The summed E-state index contributed by atoms with van der Waals surface area (Å²) in [7, 11) is 0. The molecule has 0 aromatic heterocycles. The lowest BCUT2D eigenvalue weighted by atomic mass is 9.93. The fourth-order valence-electron chi connectivity index (χ4n) is 3.27. The highest BCUT2D eigenvalue weighted by Gasteiger charge is 2.31. The quantitative estimate of drug-likeness (QED) is 0.773. The molecule has 2 heterocycles. The maximum absolute atomic E-state index is 6.15. The van der Waals surface area contributed by atoms with E-state index in [0.29, 0.717) is 0 Å². The molecule has 4 rings (SSSR count). The number of nitrogens with zero attached hydrogens (tertiary/aromatic N) is 2. The Hall–Kier alpha value is -1.78. The average molecular weight is 315 g/mol. The van der Waals surface area contributed by atoms with Gasteiger partial charge in [-0.15, -0.1) is 0 Å². The van der Waals surface area contributed by atoms with E-state index < -0.39 is 0 Å². The molecule has 1 aliphatic carbocycles. The van der Waals surface area contributed by atoms with Gasteiger partial charge in [-0.25, -0.2) is 4.99 Å². The van der Waals surface area contributed by atoms with Crippen molar-refractivity contribution < 1.29 is 0 Å². The summed E-state index contributed by atoms with van der Waals surface area (Å²) in [4.78, 5) is 7.40. The number of rotatable bonds is 0. The Kier molecular flexibility index (Phi) is 3.64. The van der Waals surface area contributed by atoms with Crippen molar-refractivity contribution in [1.29, 1.82) is 0 Å². The zero-order valence-electron chi connectivity index (χ0n) is 12.3. The zero-order chi connectivity index (χ0) is 14.9. The van der Waals surface area contributed by atoms with Gasteiger partial charge in [-0.05, 0) is 18.2 Å². The van der Waals surface area contributed by atoms with E-state index in [1.165, 1.54) is 0 Å². The third-order valence-corrected chi connectivity index (χ3v) is 4.62. The third kappa shape index (κ3) is 2.53. The van der Waals surface area contributed by atoms with Crippen molar-refractivity contribution in [2.75, 3.05) is 31.5 Å². The largest absolute Gasteiger partial charge is 0.376 e. The van der Waals surface area contributed by atoms with Crippen molar-refractivity contribution in [1.82, 2.24) is 10.2 Å². The van der Waals surface area contributed by atoms with Gasteiger partial charge < -0.3 is 15.5 Å². The molecule has 1 fully saturated rings. The highest BCUT2D eigenvalue weighted by molar-refractivity contribution is 6.31. The molecule has 4 nitrogen and oxygen atoms in total. The molecule has 2 N–H and O–H groups in total. The maximum Gasteiger partial charge on any atom is 0.114 e. The third-order valence-electron chi connectivity index (χ3n) is 4.39. The molecule has 0 bridgehead atoms. The summed E-state index contributed by atoms with van der Waals surface area (Å²) >= 11 is 6.15. The number of halogens is 1. The summed E-state index contributed by atoms with van der Waals surface area (Å²) in [5.41, 5.74) is 1.97. The topological polar surface area (TPSA) is 39.7 Å². The van der Waals surface area contributed by atoms with Gasteiger partial charge in [-0.1, -0.05) is 35.9 Å². The number of nitrogens with one attached hydrogen (secondary N) is 2. The van der Waals surface area contributed by atoms with Gasteiger partial charge in [0.05, 0.1) is 23.3 Å². The second kappa shape index (κ2) is 5.78. The Morgan fingerprint density at radius 2 is 1.95 bits per heavy atom. The van der Waals surface area contributed by atoms with E-state index in [1.54, 1.807) is 0 Å². The molecule has 114 valence electrons. The smallest absolute Gasteiger partial charge is 0.114 e. The standard InChI is InChI=1S/C17H19ClN4/c18-12-5-6-15-16(11-12)20-14-4-2-1-3-13(14)17(21-15)22-9-7-19-8-10-22/h1-6,11,13-14,19-20H,7-10H2. The van der Waals surface area contributed by atoms with Gasteiger partial charge in [0.25, 0.3) is 0 Å². The van der Waals surface area contributed by atoms with E-state index >= 15 is 0 Å². The van der Waals surface area contributed by atoms with Crippen LogP contribution in [0.15, 0.2) is 47.5 Å². The van der Waals surface area contributed by atoms with Crippen LogP contribution in [0.1, 0.15) is 0 Å². The number of amidine groups is 1. The Morgan fingerprint density at radius 3 is 2.82 bits per heavy atom. The number of piperazine rings is 1. The second-order valence-electron chi connectivity index (χ2n) is 5.83. The van der Waals surface area contributed by atoms with Gasteiger partial charge in [0.1, 0.15) is 5.84 Å². The lowest BCUT2D eigenvalue weighted by Crippen LogP contribution is -2.50. The summed E-state index contributed by atoms with van der Waals surface area (Å²) in [6.07, 6.45) is 8.66. The number of allylic oxidation sites excluding steroid dienone is 2. The first-order valence-corrected chi connectivity index (χ1v) is 8.14. The monoisotopic (exact) mass is 314 g/mol. The first-order chi connectivity index (χ1) is 10.8. The molecule has 2 aliphatic heterocycles. The molecule has 0 spiro atoms. The molecule has 3 aliphatic rings. The Morgan fingerprint density at radius 1 is 1.14 bits per heavy atom. The number of fused-ring (bicyclic) bond motifs is 2. The molecule has 1 aromatic rings. The first-order valence-electron chi connectivity index (χ1n) is 7.76. The zero-order valence-corrected chi connectivity index (χ0v) is 13.1. The van der Waals surface area contributed by atoms with Gasteiger partial charge in [0.2, 0.25) is 0 Å². The summed E-state index contributed by atoms with van der Waals surface area (Å²) in [5.74, 6) is 1.41. The number of hydrogen-bond acceptors (Lipinski definition) is 4. The average Bonchev–Trinajstić information content (AvgIpc) is 2.72. The van der Waals surface area contributed by atoms with E-state index in [0.717, 1.165) is 48.4 Å². The summed E-state index contributed by atoms with van der Waals surface area (Å²) in [5, 5.41) is 7.73. The van der Waals surface area contributed by atoms with Crippen LogP contribution in [0.25, 0.3) is 0 Å². The maximum atomic E-state index is 6.15. The van der Waals surface area contributed by atoms with E-state index in [-0.39, 0.29) is 12.0 Å². The predicted molar refractivity (Wildman–Crippen MR) is 92.2 cm³/mol. The van der Waals surface area contributed by atoms with Crippen molar-refractivity contribution in [3.8, 4) is 0 Å². The molecular weight excluding hydrogens is 296 g/mol. The lowest BCUT2D eigenvalue weighted by molar-refractivity contribution is 0.344. The van der Waals surface area contributed by atoms with Gasteiger partial charge in [-0.2, -0.15) is 0 Å². The van der Waals surface area contributed by atoms with E-state index in [1.807, 2.05) is 18.2 Å². The molecule has 2 unspecified atom stereocenters. The van der Waals surface area contributed by atoms with Crippen molar-refractivity contribution >= 4 is 28.8 Å². The minimum absolute atomic E-state index is 0.221. The van der Waals surface area contributed by atoms with Crippen molar-refractivity contribution in [3.05, 3.63) is 47.5 Å². The number of anilines is 1. The molecule has 22 heavy (non-hydrogen) atoms. The highest BCUT2D eigenvalue weighted by atomic mass is 35.5. The fourth-order valence-corrected chi connectivity index (χ4v) is 3.44. The summed E-state index contributed by atoms with van der Waals surface area (Å²) in [6, 6.07) is 6.09. The number of hydrogen-bond donors (Lipinski definition) is 2. The molecule has 0 saturated carbocycles. The van der Waals surface area contributed by atoms with Crippen molar-refractivity contribution in [2.24, 2.45) is 10.9 Å². The van der Waals surface area contributed by atoms with Crippen LogP contribution >= 0.6 is 11.6 Å². The Labute approximate surface area is 135 Å². The first kappa shape index (κ1) is 13.9. The summed E-state index contributed by atoms with van der Waals surface area (Å²) in [6.45, 7) is 4.03. The van der Waals surface area contributed by atoms with Crippen LogP contribution in [0, 0.1) is 5.92 Å². The van der Waals surface area contributed by atoms with Gasteiger partial charge in [0.15, 0.2) is 0 Å². The van der Waals surface area contributed by atoms with Crippen molar-refractivity contribution in [3.63, 3.8) is 0 Å². The SMILES string of the molecule is Clc1ccc2c(c1)NC1C=CC=CC1C(N1CCNCC1)=N2. The molecule has 0 amide bonds. The van der Waals surface area contributed by atoms with Crippen LogP contribution in [-0.2, 0) is 0 Å². The number of aliphatic imine (C=N–C) groups is 1. The Bertz CT molecular complexity index is 659. The van der Waals surface area contributed by atoms with Crippen LogP contribution in [-0.4, -0.2) is 43.0 Å². The molecule has 2 atom stereocenters. The van der Waals surface area contributed by atoms with Crippen LogP contribution < -0.4 is 10.6 Å². The van der Waals surface area contributed by atoms with E-state index in [2.05, 4.69) is 39.8 Å². The summed E-state index contributed by atoms with van der Waals surface area (Å²) < 4.78 is 0. The minimum atomic E-state index is 0.221. The Balaban J connectivity index is 1.79. The van der Waals surface area contributed by atoms with Crippen LogP contribution in [0.5, 0.6) is 0 Å². The van der Waals surface area contributed by atoms with E-state index in [4.69, 9.17) is 16.6 Å². The van der Waals surface area contributed by atoms with Gasteiger partial charge in [0, 0.05) is 31.2 Å². The van der Waals surface area contributed by atoms with Crippen LogP contribution in [0.2, 0.25) is 5.02 Å². The molecule has 5 heteroatoms. The van der Waals surface area contributed by atoms with Crippen LogP contribution in [0.3, 0.4) is 0 Å². The highest BCUT2D eigenvalue weighted by Crippen LogP contribution is 2.35. The normalized spacial score (nSPS) is 26.6. The molecular formula is C17H19ClN4. The fraction of sp³-hybridized carbons (Fsp3) is 0.353.